The van der Waals surface area contributed by atoms with E-state index >= 15 is 0 Å². The van der Waals surface area contributed by atoms with Crippen molar-refractivity contribution in [2.24, 2.45) is 0 Å². The summed E-state index contributed by atoms with van der Waals surface area (Å²) in [5.74, 6) is 1.06. The molecule has 0 aliphatic rings. The number of fused-ring (bicyclic) bond motifs is 1. The average molecular weight is 323 g/mol. The van der Waals surface area contributed by atoms with Crippen molar-refractivity contribution in [2.45, 2.75) is 0 Å². The molecule has 24 heavy (non-hydrogen) atoms. The van der Waals surface area contributed by atoms with Crippen LogP contribution in [0.1, 0.15) is 5.56 Å². The molecule has 1 N–H and O–H groups in total. The minimum absolute atomic E-state index is 0.268. The first-order chi connectivity index (χ1) is 11.7. The van der Waals surface area contributed by atoms with Gasteiger partial charge in [-0.1, -0.05) is 12.1 Å². The molecule has 122 valence electrons. The molecule has 0 radical (unpaired) electrons. The number of rotatable bonds is 5. The molecule has 0 saturated heterocycles. The maximum atomic E-state index is 12.1. The zero-order chi connectivity index (χ0) is 16.9. The van der Waals surface area contributed by atoms with Crippen molar-refractivity contribution in [3.05, 3.63) is 60.4 Å². The molecule has 1 aromatic heterocycles. The van der Waals surface area contributed by atoms with Crippen molar-refractivity contribution in [2.75, 3.05) is 19.6 Å². The number of methoxy groups -OCH3 is 2. The lowest BCUT2D eigenvalue weighted by Crippen LogP contribution is -2.19. The lowest BCUT2D eigenvalue weighted by atomic mass is 10.1. The van der Waals surface area contributed by atoms with E-state index in [1.807, 2.05) is 36.4 Å². The number of amides is 1. The maximum absolute atomic E-state index is 12.1. The summed E-state index contributed by atoms with van der Waals surface area (Å²) in [5, 5.41) is 0. The van der Waals surface area contributed by atoms with Gasteiger partial charge in [0.25, 0.3) is 5.91 Å². The van der Waals surface area contributed by atoms with Crippen molar-refractivity contribution < 1.29 is 14.3 Å². The van der Waals surface area contributed by atoms with E-state index in [9.17, 15) is 4.79 Å². The van der Waals surface area contributed by atoms with Gasteiger partial charge < -0.3 is 9.47 Å². The van der Waals surface area contributed by atoms with E-state index in [1.165, 1.54) is 6.08 Å². The smallest absolute Gasteiger partial charge is 0.262 e. The largest absolute Gasteiger partial charge is 0.497 e. The van der Waals surface area contributed by atoms with Crippen LogP contribution in [0.5, 0.6) is 11.5 Å². The molecule has 0 aliphatic carbocycles. The topological polar surface area (TPSA) is 65.4 Å². The van der Waals surface area contributed by atoms with Crippen LogP contribution in [-0.2, 0) is 4.79 Å². The molecule has 0 fully saturated rings. The van der Waals surface area contributed by atoms with Gasteiger partial charge in [-0.05, 0) is 30.3 Å². The van der Waals surface area contributed by atoms with Gasteiger partial charge in [0.1, 0.15) is 17.8 Å². The number of nitrogens with one attached hydrogen (secondary N) is 1. The molecular weight excluding hydrogens is 306 g/mol. The number of hydrogen-bond donors (Lipinski definition) is 1. The summed E-state index contributed by atoms with van der Waals surface area (Å²) in [7, 11) is 3.16. The molecule has 3 aromatic rings. The van der Waals surface area contributed by atoms with Crippen LogP contribution in [-0.4, -0.2) is 29.8 Å². The third kappa shape index (κ3) is 3.22. The van der Waals surface area contributed by atoms with Gasteiger partial charge in [-0.2, -0.15) is 0 Å². The summed E-state index contributed by atoms with van der Waals surface area (Å²) < 4.78 is 12.1. The highest BCUT2D eigenvalue weighted by atomic mass is 16.5. The third-order valence-electron chi connectivity index (χ3n) is 3.54. The summed E-state index contributed by atoms with van der Waals surface area (Å²) in [6.45, 7) is 0. The molecule has 0 atom stereocenters. The van der Waals surface area contributed by atoms with Gasteiger partial charge in [0.05, 0.1) is 25.3 Å². The monoisotopic (exact) mass is 323 g/mol. The molecule has 0 unspecified atom stereocenters. The first-order valence-electron chi connectivity index (χ1n) is 7.34. The van der Waals surface area contributed by atoms with E-state index in [2.05, 4.69) is 10.4 Å². The Morgan fingerprint density at radius 2 is 2.00 bits per heavy atom. The van der Waals surface area contributed by atoms with E-state index in [4.69, 9.17) is 9.47 Å². The second-order valence-corrected chi connectivity index (χ2v) is 5.02. The second-order valence-electron chi connectivity index (χ2n) is 5.02. The predicted octanol–water partition coefficient (Wildman–Crippen LogP) is 2.84. The number of carbonyl (C=O) groups excluding carboxylic acids is 1. The molecule has 0 bridgehead atoms. The van der Waals surface area contributed by atoms with Crippen molar-refractivity contribution >= 4 is 23.0 Å². The summed E-state index contributed by atoms with van der Waals surface area (Å²) in [6, 6.07) is 13.0. The number of hydrogen-bond acceptors (Lipinski definition) is 4. The number of benzene rings is 2. The summed E-state index contributed by atoms with van der Waals surface area (Å²) >= 11 is 0. The molecule has 3 rings (SSSR count). The number of ether oxygens (including phenoxy) is 2. The number of imidazole rings is 1. The van der Waals surface area contributed by atoms with Gasteiger partial charge in [0, 0.05) is 17.7 Å². The van der Waals surface area contributed by atoms with Gasteiger partial charge in [0.2, 0.25) is 0 Å². The highest BCUT2D eigenvalue weighted by molar-refractivity contribution is 5.98. The molecule has 0 spiro atoms. The van der Waals surface area contributed by atoms with Crippen molar-refractivity contribution in [1.82, 2.24) is 9.66 Å². The van der Waals surface area contributed by atoms with Crippen LogP contribution in [0, 0.1) is 0 Å². The molecular formula is C18H17N3O3. The van der Waals surface area contributed by atoms with Crippen LogP contribution in [0.2, 0.25) is 0 Å². The Bertz CT molecular complexity index is 899. The minimum atomic E-state index is -0.268. The number of nitrogens with zero attached hydrogens (tertiary/aromatic N) is 2. The Morgan fingerprint density at radius 1 is 1.17 bits per heavy atom. The fourth-order valence-corrected chi connectivity index (χ4v) is 2.33. The van der Waals surface area contributed by atoms with Gasteiger partial charge in [0.15, 0.2) is 0 Å². The zero-order valence-electron chi connectivity index (χ0n) is 13.4. The molecule has 0 saturated carbocycles. The predicted molar refractivity (Wildman–Crippen MR) is 92.7 cm³/mol. The summed E-state index contributed by atoms with van der Waals surface area (Å²) in [6.07, 6.45) is 4.70. The Labute approximate surface area is 139 Å². The van der Waals surface area contributed by atoms with E-state index in [0.717, 1.165) is 16.6 Å². The van der Waals surface area contributed by atoms with Crippen molar-refractivity contribution in [3.63, 3.8) is 0 Å². The van der Waals surface area contributed by atoms with E-state index < -0.39 is 0 Å². The highest BCUT2D eigenvalue weighted by Crippen LogP contribution is 2.25. The normalized spacial score (nSPS) is 10.9. The lowest BCUT2D eigenvalue weighted by molar-refractivity contribution is -0.112. The third-order valence-corrected chi connectivity index (χ3v) is 3.54. The van der Waals surface area contributed by atoms with Crippen molar-refractivity contribution in [1.29, 1.82) is 0 Å². The van der Waals surface area contributed by atoms with Crippen LogP contribution in [0.4, 0.5) is 0 Å². The maximum Gasteiger partial charge on any atom is 0.262 e. The Hall–Kier alpha value is -3.28. The Balaban J connectivity index is 1.76. The average Bonchev–Trinajstić information content (AvgIpc) is 3.03. The van der Waals surface area contributed by atoms with Crippen LogP contribution in [0.15, 0.2) is 54.9 Å². The number of para-hydroxylation sites is 2. The quantitative estimate of drug-likeness (QED) is 0.733. The summed E-state index contributed by atoms with van der Waals surface area (Å²) in [5.41, 5.74) is 5.19. The van der Waals surface area contributed by atoms with Gasteiger partial charge in [-0.3, -0.25) is 10.2 Å². The number of carbonyl (C=O) groups is 1. The first kappa shape index (κ1) is 15.6. The van der Waals surface area contributed by atoms with Gasteiger partial charge in [-0.25, -0.2) is 9.66 Å². The van der Waals surface area contributed by atoms with Crippen LogP contribution in [0.25, 0.3) is 17.1 Å². The Kier molecular flexibility index (Phi) is 4.47. The zero-order valence-corrected chi connectivity index (χ0v) is 13.4. The molecule has 2 aromatic carbocycles. The standard InChI is InChI=1S/C18H17N3O3/c1-23-14-9-7-13(17(11-14)24-2)8-10-18(22)20-21-12-19-15-5-3-4-6-16(15)21/h3-12H,1-2H3,(H,20,22)/b10-8+. The van der Waals surface area contributed by atoms with Crippen LogP contribution in [0.3, 0.4) is 0 Å². The van der Waals surface area contributed by atoms with Crippen LogP contribution < -0.4 is 14.9 Å². The highest BCUT2D eigenvalue weighted by Gasteiger charge is 2.05. The SMILES string of the molecule is COc1ccc(/C=C/C(=O)Nn2cnc3ccccc32)c(OC)c1. The number of aromatic nitrogens is 2. The molecule has 6 heteroatoms. The molecule has 0 aliphatic heterocycles. The lowest BCUT2D eigenvalue weighted by Gasteiger charge is -2.07. The van der Waals surface area contributed by atoms with Crippen molar-refractivity contribution in [3.8, 4) is 11.5 Å². The van der Waals surface area contributed by atoms with Gasteiger partial charge in [-0.15, -0.1) is 0 Å². The van der Waals surface area contributed by atoms with Crippen LogP contribution >= 0.6 is 0 Å². The van der Waals surface area contributed by atoms with E-state index in [1.54, 1.807) is 37.4 Å². The van der Waals surface area contributed by atoms with E-state index in [-0.39, 0.29) is 5.91 Å². The molecule has 1 amide bonds. The summed E-state index contributed by atoms with van der Waals surface area (Å²) in [4.78, 5) is 16.4. The first-order valence-corrected chi connectivity index (χ1v) is 7.34. The second kappa shape index (κ2) is 6.87. The molecule has 1 heterocycles. The fourth-order valence-electron chi connectivity index (χ4n) is 2.33. The fraction of sp³-hybridized carbons (Fsp3) is 0.111. The van der Waals surface area contributed by atoms with E-state index in [0.29, 0.717) is 11.5 Å². The van der Waals surface area contributed by atoms with Gasteiger partial charge >= 0.3 is 0 Å². The minimum Gasteiger partial charge on any atom is -0.497 e. The Morgan fingerprint density at radius 3 is 2.79 bits per heavy atom. The molecule has 6 nitrogen and oxygen atoms in total.